The number of nitrogens with zero attached hydrogens (tertiary/aromatic N) is 5. The number of carboxylic acid groups (broad SMARTS) is 1. The fourth-order valence-corrected chi connectivity index (χ4v) is 4.63. The fraction of sp³-hybridized carbons (Fsp3) is 0.577. The van der Waals surface area contributed by atoms with Crippen molar-refractivity contribution in [1.82, 2.24) is 19.9 Å². The quantitative estimate of drug-likeness (QED) is 0.500. The van der Waals surface area contributed by atoms with Crippen molar-refractivity contribution in [2.75, 3.05) is 50.1 Å². The Kier molecular flexibility index (Phi) is 8.50. The average molecular weight is 499 g/mol. The number of ether oxygens (including phenoxy) is 1. The van der Waals surface area contributed by atoms with Crippen LogP contribution in [0.2, 0.25) is 0 Å². The molecule has 1 aliphatic rings. The number of piperazine rings is 1. The topological polar surface area (TPSA) is 121 Å². The van der Waals surface area contributed by atoms with Gasteiger partial charge in [0.15, 0.2) is 0 Å². The largest absolute Gasteiger partial charge is 0.478 e. The van der Waals surface area contributed by atoms with Gasteiger partial charge >= 0.3 is 5.97 Å². The zero-order valence-electron chi connectivity index (χ0n) is 22.4. The molecular formula is C26H38N6O4. The number of methoxy groups -OCH3 is 1. The number of carboxylic acids is 1. The molecule has 1 saturated heterocycles. The van der Waals surface area contributed by atoms with Crippen LogP contribution in [-0.4, -0.2) is 82.3 Å². The molecule has 10 heteroatoms. The van der Waals surface area contributed by atoms with Crippen molar-refractivity contribution >= 4 is 23.5 Å². The molecule has 0 bridgehead atoms. The molecule has 3 rings (SSSR count). The molecule has 2 aromatic heterocycles. The van der Waals surface area contributed by atoms with Crippen LogP contribution in [0.5, 0.6) is 0 Å². The molecule has 1 amide bonds. The number of carbonyl (C=O) groups is 2. The van der Waals surface area contributed by atoms with Gasteiger partial charge in [0.05, 0.1) is 28.7 Å². The van der Waals surface area contributed by atoms with Crippen LogP contribution in [0.4, 0.5) is 11.6 Å². The molecule has 0 saturated carbocycles. The summed E-state index contributed by atoms with van der Waals surface area (Å²) in [6.45, 7) is 14.6. The molecule has 2 aromatic rings. The van der Waals surface area contributed by atoms with E-state index >= 15 is 0 Å². The number of anilines is 2. The first-order valence-electron chi connectivity index (χ1n) is 12.3. The number of nitrogens with one attached hydrogen (secondary N) is 1. The maximum Gasteiger partial charge on any atom is 0.337 e. The van der Waals surface area contributed by atoms with Crippen molar-refractivity contribution < 1.29 is 19.4 Å². The number of aromatic nitrogens is 3. The molecule has 0 radical (unpaired) electrons. The fourth-order valence-electron chi connectivity index (χ4n) is 4.63. The lowest BCUT2D eigenvalue weighted by molar-refractivity contribution is 0.0506. The summed E-state index contributed by atoms with van der Waals surface area (Å²) in [6.07, 6.45) is 2.40. The highest BCUT2D eigenvalue weighted by atomic mass is 16.5. The van der Waals surface area contributed by atoms with Gasteiger partial charge < -0.3 is 25.0 Å². The molecule has 10 nitrogen and oxygen atoms in total. The van der Waals surface area contributed by atoms with Gasteiger partial charge in [-0.1, -0.05) is 13.8 Å². The Morgan fingerprint density at radius 3 is 2.53 bits per heavy atom. The maximum absolute atomic E-state index is 13.6. The van der Waals surface area contributed by atoms with Crippen molar-refractivity contribution in [3.8, 4) is 0 Å². The lowest BCUT2D eigenvalue weighted by Crippen LogP contribution is -2.61. The van der Waals surface area contributed by atoms with E-state index in [9.17, 15) is 14.7 Å². The number of carbonyl (C=O) groups excluding carboxylic acids is 1. The van der Waals surface area contributed by atoms with E-state index in [2.05, 4.69) is 20.2 Å². The number of aromatic carboxylic acids is 1. The minimum atomic E-state index is -0.974. The minimum Gasteiger partial charge on any atom is -0.478 e. The van der Waals surface area contributed by atoms with Gasteiger partial charge in [-0.3, -0.25) is 4.79 Å². The van der Waals surface area contributed by atoms with Crippen molar-refractivity contribution in [2.45, 2.75) is 59.4 Å². The highest BCUT2D eigenvalue weighted by Crippen LogP contribution is 2.28. The van der Waals surface area contributed by atoms with E-state index < -0.39 is 11.5 Å². The Morgan fingerprint density at radius 2 is 1.94 bits per heavy atom. The predicted molar refractivity (Wildman–Crippen MR) is 139 cm³/mol. The van der Waals surface area contributed by atoms with E-state index in [-0.39, 0.29) is 17.4 Å². The Labute approximate surface area is 213 Å². The average Bonchev–Trinajstić information content (AvgIpc) is 2.80. The van der Waals surface area contributed by atoms with E-state index in [0.29, 0.717) is 55.6 Å². The van der Waals surface area contributed by atoms with Crippen LogP contribution in [0.3, 0.4) is 0 Å². The summed E-state index contributed by atoms with van der Waals surface area (Å²) in [7, 11) is 1.68. The summed E-state index contributed by atoms with van der Waals surface area (Å²) in [6, 6.07) is 1.81. The molecule has 3 heterocycles. The molecule has 0 unspecified atom stereocenters. The first-order chi connectivity index (χ1) is 17.0. The lowest BCUT2D eigenvalue weighted by atomic mass is 9.97. The molecule has 1 aliphatic heterocycles. The number of rotatable bonds is 9. The number of amides is 1. The summed E-state index contributed by atoms with van der Waals surface area (Å²) in [5.74, 6) is 0.398. The Balaban J connectivity index is 1.78. The lowest BCUT2D eigenvalue weighted by Gasteiger charge is -2.47. The van der Waals surface area contributed by atoms with E-state index in [0.717, 1.165) is 17.9 Å². The van der Waals surface area contributed by atoms with Crippen LogP contribution in [0.1, 0.15) is 77.8 Å². The zero-order valence-corrected chi connectivity index (χ0v) is 22.4. The Morgan fingerprint density at radius 1 is 1.22 bits per heavy atom. The first-order valence-corrected chi connectivity index (χ1v) is 12.3. The molecule has 0 atom stereocenters. The monoisotopic (exact) mass is 498 g/mol. The Hall–Kier alpha value is -3.27. The zero-order chi connectivity index (χ0) is 26.6. The van der Waals surface area contributed by atoms with E-state index in [1.54, 1.807) is 27.2 Å². The van der Waals surface area contributed by atoms with Crippen LogP contribution < -0.4 is 10.2 Å². The second-order valence-corrected chi connectivity index (χ2v) is 10.2. The van der Waals surface area contributed by atoms with Gasteiger partial charge in [0.1, 0.15) is 17.3 Å². The molecule has 0 spiro atoms. The second kappa shape index (κ2) is 11.2. The first kappa shape index (κ1) is 27.3. The van der Waals surface area contributed by atoms with Gasteiger partial charge in [-0.2, -0.15) is 0 Å². The van der Waals surface area contributed by atoms with Crippen LogP contribution >= 0.6 is 0 Å². The van der Waals surface area contributed by atoms with Gasteiger partial charge in [0.2, 0.25) is 0 Å². The number of hydrogen-bond acceptors (Lipinski definition) is 8. The van der Waals surface area contributed by atoms with E-state index in [4.69, 9.17) is 9.72 Å². The van der Waals surface area contributed by atoms with Crippen LogP contribution in [0.15, 0.2) is 12.3 Å². The number of hydrogen-bond donors (Lipinski definition) is 2. The molecule has 0 aromatic carbocycles. The minimum absolute atomic E-state index is 0.103. The molecular weight excluding hydrogens is 460 g/mol. The van der Waals surface area contributed by atoms with Gasteiger partial charge in [-0.25, -0.2) is 19.7 Å². The molecule has 0 aliphatic carbocycles. The van der Waals surface area contributed by atoms with Crippen LogP contribution in [-0.2, 0) is 4.74 Å². The third kappa shape index (κ3) is 5.92. The van der Waals surface area contributed by atoms with Gasteiger partial charge in [0.25, 0.3) is 5.91 Å². The molecule has 1 fully saturated rings. The van der Waals surface area contributed by atoms with Crippen molar-refractivity contribution in [2.24, 2.45) is 0 Å². The third-order valence-corrected chi connectivity index (χ3v) is 6.45. The Bertz CT molecular complexity index is 1090. The predicted octanol–water partition coefficient (Wildman–Crippen LogP) is 3.50. The number of pyridine rings is 1. The summed E-state index contributed by atoms with van der Waals surface area (Å²) in [5, 5.41) is 12.8. The third-order valence-electron chi connectivity index (χ3n) is 6.45. The van der Waals surface area contributed by atoms with Crippen LogP contribution in [0, 0.1) is 13.8 Å². The SMILES string of the molecule is COCCCNc1ncc(C(=O)N2CCN(c3cc(C)c(C(=O)O)c(C)n3)CC2(C)C)nc1C(C)C. The second-order valence-electron chi connectivity index (χ2n) is 10.2. The van der Waals surface area contributed by atoms with Gasteiger partial charge in [0, 0.05) is 39.9 Å². The highest BCUT2D eigenvalue weighted by molar-refractivity contribution is 5.93. The van der Waals surface area contributed by atoms with Crippen molar-refractivity contribution in [3.63, 3.8) is 0 Å². The normalized spacial score (nSPS) is 15.3. The van der Waals surface area contributed by atoms with Gasteiger partial charge in [-0.05, 0) is 51.7 Å². The molecule has 36 heavy (non-hydrogen) atoms. The van der Waals surface area contributed by atoms with E-state index in [1.165, 1.54) is 0 Å². The van der Waals surface area contributed by atoms with E-state index in [1.807, 2.05) is 38.7 Å². The summed E-state index contributed by atoms with van der Waals surface area (Å²) in [4.78, 5) is 42.8. The summed E-state index contributed by atoms with van der Waals surface area (Å²) < 4.78 is 5.10. The molecule has 196 valence electrons. The van der Waals surface area contributed by atoms with Gasteiger partial charge in [-0.15, -0.1) is 0 Å². The van der Waals surface area contributed by atoms with Crippen LogP contribution in [0.25, 0.3) is 0 Å². The van der Waals surface area contributed by atoms with Crippen molar-refractivity contribution in [3.05, 3.63) is 40.5 Å². The number of aryl methyl sites for hydroxylation is 2. The molecule has 2 N–H and O–H groups in total. The summed E-state index contributed by atoms with van der Waals surface area (Å²) >= 11 is 0. The highest BCUT2D eigenvalue weighted by Gasteiger charge is 2.38. The summed E-state index contributed by atoms with van der Waals surface area (Å²) in [5.41, 5.74) is 2.00. The standard InChI is InChI=1S/C26H38N6O4/c1-16(2)22-23(27-9-8-12-36-7)28-14-19(30-22)24(33)32-11-10-31(15-26(32,5)6)20-13-17(3)21(25(34)35)18(4)29-20/h13-14,16H,8-12,15H2,1-7H3,(H,27,28)(H,34,35). The van der Waals surface area contributed by atoms with Crippen molar-refractivity contribution in [1.29, 1.82) is 0 Å². The maximum atomic E-state index is 13.6. The smallest absolute Gasteiger partial charge is 0.337 e.